The molecule has 144 valence electrons. The van der Waals surface area contributed by atoms with Gasteiger partial charge < -0.3 is 30.6 Å². The van der Waals surface area contributed by atoms with E-state index in [2.05, 4.69) is 15.6 Å². The standard InChI is InChI=1S/C18H28N4O4/c1-13(10-25-16-6-7-24-11-16)22-18(20-2)21-9-14-4-3-5-15(8-14)26-12-17(19)23/h3-5,8,13,16H,6-7,9-12H2,1-2H3,(H2,19,23)(H2,20,21,22). The van der Waals surface area contributed by atoms with Crippen LogP contribution in [0.25, 0.3) is 0 Å². The van der Waals surface area contributed by atoms with Gasteiger partial charge in [-0.05, 0) is 31.0 Å². The number of hydrogen-bond donors (Lipinski definition) is 3. The molecule has 1 aromatic carbocycles. The summed E-state index contributed by atoms with van der Waals surface area (Å²) in [6, 6.07) is 7.59. The number of nitrogens with one attached hydrogen (secondary N) is 2. The maximum absolute atomic E-state index is 10.8. The van der Waals surface area contributed by atoms with Gasteiger partial charge in [-0.1, -0.05) is 12.1 Å². The van der Waals surface area contributed by atoms with Crippen molar-refractivity contribution >= 4 is 11.9 Å². The van der Waals surface area contributed by atoms with Crippen LogP contribution in [0, 0.1) is 0 Å². The van der Waals surface area contributed by atoms with E-state index in [4.69, 9.17) is 19.9 Å². The van der Waals surface area contributed by atoms with Gasteiger partial charge in [0.05, 0.1) is 19.3 Å². The molecule has 0 aliphatic carbocycles. The zero-order valence-electron chi connectivity index (χ0n) is 15.4. The van der Waals surface area contributed by atoms with Gasteiger partial charge in [0.2, 0.25) is 0 Å². The van der Waals surface area contributed by atoms with E-state index < -0.39 is 5.91 Å². The first-order valence-electron chi connectivity index (χ1n) is 8.73. The molecule has 8 heteroatoms. The van der Waals surface area contributed by atoms with Gasteiger partial charge in [-0.15, -0.1) is 0 Å². The molecule has 4 N–H and O–H groups in total. The summed E-state index contributed by atoms with van der Waals surface area (Å²) in [5.74, 6) is 0.789. The van der Waals surface area contributed by atoms with Crippen molar-refractivity contribution in [1.82, 2.24) is 10.6 Å². The smallest absolute Gasteiger partial charge is 0.255 e. The highest BCUT2D eigenvalue weighted by molar-refractivity contribution is 5.79. The molecular formula is C18H28N4O4. The van der Waals surface area contributed by atoms with Crippen molar-refractivity contribution in [3.63, 3.8) is 0 Å². The van der Waals surface area contributed by atoms with Crippen molar-refractivity contribution in [3.8, 4) is 5.75 Å². The Balaban J connectivity index is 1.75. The lowest BCUT2D eigenvalue weighted by molar-refractivity contribution is -0.119. The minimum absolute atomic E-state index is 0.118. The lowest BCUT2D eigenvalue weighted by atomic mass is 10.2. The molecule has 2 rings (SSSR count). The van der Waals surface area contributed by atoms with Gasteiger partial charge in [0.1, 0.15) is 5.75 Å². The topological polar surface area (TPSA) is 107 Å². The number of rotatable bonds is 9. The van der Waals surface area contributed by atoms with Crippen molar-refractivity contribution in [2.24, 2.45) is 10.7 Å². The van der Waals surface area contributed by atoms with Crippen LogP contribution in [0.2, 0.25) is 0 Å². The number of nitrogens with two attached hydrogens (primary N) is 1. The Morgan fingerprint density at radius 3 is 3.04 bits per heavy atom. The summed E-state index contributed by atoms with van der Waals surface area (Å²) in [7, 11) is 1.72. The van der Waals surface area contributed by atoms with E-state index in [1.165, 1.54) is 0 Å². The monoisotopic (exact) mass is 364 g/mol. The van der Waals surface area contributed by atoms with Crippen LogP contribution in [0.5, 0.6) is 5.75 Å². The van der Waals surface area contributed by atoms with Crippen molar-refractivity contribution in [1.29, 1.82) is 0 Å². The predicted octanol–water partition coefficient (Wildman–Crippen LogP) is 0.410. The second kappa shape index (κ2) is 10.6. The van der Waals surface area contributed by atoms with E-state index in [0.717, 1.165) is 18.6 Å². The summed E-state index contributed by atoms with van der Waals surface area (Å²) < 4.78 is 16.4. The average molecular weight is 364 g/mol. The van der Waals surface area contributed by atoms with Crippen LogP contribution < -0.4 is 21.1 Å². The van der Waals surface area contributed by atoms with E-state index in [1.54, 1.807) is 13.1 Å². The number of hydrogen-bond acceptors (Lipinski definition) is 5. The molecule has 0 saturated carbocycles. The normalized spacial score (nSPS) is 18.4. The van der Waals surface area contributed by atoms with E-state index in [0.29, 0.717) is 31.5 Å². The zero-order valence-corrected chi connectivity index (χ0v) is 15.4. The molecule has 2 atom stereocenters. The fourth-order valence-corrected chi connectivity index (χ4v) is 2.48. The van der Waals surface area contributed by atoms with Crippen molar-refractivity contribution < 1.29 is 19.0 Å². The van der Waals surface area contributed by atoms with Crippen molar-refractivity contribution in [3.05, 3.63) is 29.8 Å². The van der Waals surface area contributed by atoms with Gasteiger partial charge in [-0.25, -0.2) is 0 Å². The maximum Gasteiger partial charge on any atom is 0.255 e. The van der Waals surface area contributed by atoms with Crippen LogP contribution in [0.1, 0.15) is 18.9 Å². The summed E-state index contributed by atoms with van der Waals surface area (Å²) in [5.41, 5.74) is 6.09. The van der Waals surface area contributed by atoms with Crippen LogP contribution in [-0.2, 0) is 20.8 Å². The lowest BCUT2D eigenvalue weighted by Crippen LogP contribution is -2.44. The van der Waals surface area contributed by atoms with Crippen LogP contribution in [0.4, 0.5) is 0 Å². The molecule has 26 heavy (non-hydrogen) atoms. The number of ether oxygens (including phenoxy) is 3. The Kier molecular flexibility index (Phi) is 8.17. The molecule has 0 spiro atoms. The van der Waals surface area contributed by atoms with Gasteiger partial charge in [0.15, 0.2) is 12.6 Å². The van der Waals surface area contributed by atoms with Crippen LogP contribution in [-0.4, -0.2) is 57.5 Å². The van der Waals surface area contributed by atoms with Crippen LogP contribution in [0.3, 0.4) is 0 Å². The highest BCUT2D eigenvalue weighted by Crippen LogP contribution is 2.13. The van der Waals surface area contributed by atoms with E-state index in [1.807, 2.05) is 25.1 Å². The van der Waals surface area contributed by atoms with E-state index in [9.17, 15) is 4.79 Å². The molecule has 1 heterocycles. The highest BCUT2D eigenvalue weighted by Gasteiger charge is 2.17. The summed E-state index contributed by atoms with van der Waals surface area (Å²) in [6.07, 6.45) is 1.14. The number of amides is 1. The Morgan fingerprint density at radius 1 is 1.50 bits per heavy atom. The molecule has 0 aromatic heterocycles. The molecule has 2 unspecified atom stereocenters. The minimum Gasteiger partial charge on any atom is -0.484 e. The van der Waals surface area contributed by atoms with Gasteiger partial charge >= 0.3 is 0 Å². The number of benzene rings is 1. The molecule has 0 radical (unpaired) electrons. The first-order chi connectivity index (χ1) is 12.6. The molecule has 1 aliphatic heterocycles. The van der Waals surface area contributed by atoms with Gasteiger partial charge in [-0.3, -0.25) is 9.79 Å². The van der Waals surface area contributed by atoms with Crippen molar-refractivity contribution in [2.45, 2.75) is 32.0 Å². The van der Waals surface area contributed by atoms with Gasteiger partial charge in [-0.2, -0.15) is 0 Å². The first-order valence-corrected chi connectivity index (χ1v) is 8.73. The number of primary amides is 1. The second-order valence-corrected chi connectivity index (χ2v) is 6.19. The second-order valence-electron chi connectivity index (χ2n) is 6.19. The van der Waals surface area contributed by atoms with Gasteiger partial charge in [0, 0.05) is 26.2 Å². The highest BCUT2D eigenvalue weighted by atomic mass is 16.5. The Hall–Kier alpha value is -2.32. The summed E-state index contributed by atoms with van der Waals surface area (Å²) in [5, 5.41) is 6.54. The number of aliphatic imine (C=N–C) groups is 1. The number of carbonyl (C=O) groups is 1. The quantitative estimate of drug-likeness (QED) is 0.433. The fraction of sp³-hybridized carbons (Fsp3) is 0.556. The molecule has 1 aliphatic rings. The molecule has 1 amide bonds. The summed E-state index contributed by atoms with van der Waals surface area (Å²) in [6.45, 7) is 4.51. The lowest BCUT2D eigenvalue weighted by Gasteiger charge is -2.19. The van der Waals surface area contributed by atoms with Crippen molar-refractivity contribution in [2.75, 3.05) is 33.5 Å². The number of guanidine groups is 1. The largest absolute Gasteiger partial charge is 0.484 e. The zero-order chi connectivity index (χ0) is 18.8. The fourth-order valence-electron chi connectivity index (χ4n) is 2.48. The molecule has 0 bridgehead atoms. The molecule has 1 saturated heterocycles. The molecular weight excluding hydrogens is 336 g/mol. The Bertz CT molecular complexity index is 603. The number of carbonyl (C=O) groups excluding carboxylic acids is 1. The predicted molar refractivity (Wildman–Crippen MR) is 99.1 cm³/mol. The van der Waals surface area contributed by atoms with Crippen LogP contribution in [0.15, 0.2) is 29.3 Å². The molecule has 8 nitrogen and oxygen atoms in total. The SMILES string of the molecule is CN=C(NCc1cccc(OCC(N)=O)c1)NC(C)COC1CCOC1. The maximum atomic E-state index is 10.8. The minimum atomic E-state index is -0.501. The Labute approximate surface area is 154 Å². The first kappa shape index (κ1) is 20.0. The van der Waals surface area contributed by atoms with Gasteiger partial charge in [0.25, 0.3) is 5.91 Å². The van der Waals surface area contributed by atoms with E-state index in [-0.39, 0.29) is 18.8 Å². The van der Waals surface area contributed by atoms with E-state index >= 15 is 0 Å². The summed E-state index contributed by atoms with van der Waals surface area (Å²) >= 11 is 0. The van der Waals surface area contributed by atoms with Crippen LogP contribution >= 0.6 is 0 Å². The summed E-state index contributed by atoms with van der Waals surface area (Å²) in [4.78, 5) is 15.0. The molecule has 1 aromatic rings. The third-order valence-corrected chi connectivity index (χ3v) is 3.82. The molecule has 1 fully saturated rings. The average Bonchev–Trinajstić information content (AvgIpc) is 3.15. The Morgan fingerprint density at radius 2 is 2.35 bits per heavy atom. The third-order valence-electron chi connectivity index (χ3n) is 3.82. The third kappa shape index (κ3) is 7.28. The number of nitrogens with zero attached hydrogens (tertiary/aromatic N) is 1.